The maximum absolute atomic E-state index is 11.8. The van der Waals surface area contributed by atoms with Crippen LogP contribution < -0.4 is 19.5 Å². The lowest BCUT2D eigenvalue weighted by Crippen LogP contribution is -2.17. The molecule has 2 aromatic heterocycles. The highest BCUT2D eigenvalue weighted by Gasteiger charge is 2.18. The van der Waals surface area contributed by atoms with Crippen molar-refractivity contribution in [3.05, 3.63) is 60.3 Å². The standard InChI is InChI=1S/C24H22N2O5/c1-25-24(27)15-7-5-14(6-8-15)17-9-10-26-18-13-19(31-22(17)18)16-11-20(28-2)23(30-4)21(12-16)29-3/h5-13H,1-4H3,(H,25,27). The molecule has 31 heavy (non-hydrogen) atoms. The molecule has 7 heteroatoms. The van der Waals surface area contributed by atoms with Gasteiger partial charge in [-0.2, -0.15) is 0 Å². The summed E-state index contributed by atoms with van der Waals surface area (Å²) in [7, 11) is 6.31. The molecule has 0 spiro atoms. The van der Waals surface area contributed by atoms with E-state index in [9.17, 15) is 4.79 Å². The van der Waals surface area contributed by atoms with Crippen LogP contribution in [0.1, 0.15) is 10.4 Å². The van der Waals surface area contributed by atoms with Crippen LogP contribution in [-0.2, 0) is 0 Å². The fourth-order valence-electron chi connectivity index (χ4n) is 3.48. The molecule has 0 bridgehead atoms. The van der Waals surface area contributed by atoms with Crippen LogP contribution in [0.4, 0.5) is 0 Å². The number of hydrogen-bond donors (Lipinski definition) is 1. The number of aromatic nitrogens is 1. The Morgan fingerprint density at radius 2 is 1.58 bits per heavy atom. The average Bonchev–Trinajstić information content (AvgIpc) is 3.27. The lowest BCUT2D eigenvalue weighted by atomic mass is 10.0. The summed E-state index contributed by atoms with van der Waals surface area (Å²) in [6, 6.07) is 14.8. The highest BCUT2D eigenvalue weighted by molar-refractivity contribution is 5.96. The first-order chi connectivity index (χ1) is 15.1. The van der Waals surface area contributed by atoms with E-state index < -0.39 is 0 Å². The number of hydrogen-bond acceptors (Lipinski definition) is 6. The number of nitrogens with one attached hydrogen (secondary N) is 1. The number of rotatable bonds is 6. The fraction of sp³-hybridized carbons (Fsp3) is 0.167. The maximum atomic E-state index is 11.8. The van der Waals surface area contributed by atoms with Gasteiger partial charge in [-0.3, -0.25) is 9.78 Å². The molecule has 0 fully saturated rings. The molecular formula is C24H22N2O5. The first kappa shape index (κ1) is 20.3. The number of methoxy groups -OCH3 is 3. The molecule has 4 rings (SSSR count). The monoisotopic (exact) mass is 418 g/mol. The molecule has 0 atom stereocenters. The lowest BCUT2D eigenvalue weighted by Gasteiger charge is -2.13. The summed E-state index contributed by atoms with van der Waals surface area (Å²) < 4.78 is 22.5. The maximum Gasteiger partial charge on any atom is 0.251 e. The molecule has 0 unspecified atom stereocenters. The van der Waals surface area contributed by atoms with Crippen LogP contribution in [0, 0.1) is 0 Å². The minimum absolute atomic E-state index is 0.130. The number of carbonyl (C=O) groups excluding carboxylic acids is 1. The zero-order valence-electron chi connectivity index (χ0n) is 17.7. The van der Waals surface area contributed by atoms with Crippen molar-refractivity contribution in [2.45, 2.75) is 0 Å². The second-order valence-electron chi connectivity index (χ2n) is 6.75. The van der Waals surface area contributed by atoms with Crippen molar-refractivity contribution >= 4 is 17.0 Å². The predicted molar refractivity (Wildman–Crippen MR) is 118 cm³/mol. The van der Waals surface area contributed by atoms with Gasteiger partial charge >= 0.3 is 0 Å². The lowest BCUT2D eigenvalue weighted by molar-refractivity contribution is 0.0963. The van der Waals surface area contributed by atoms with E-state index >= 15 is 0 Å². The van der Waals surface area contributed by atoms with Crippen LogP contribution in [0.25, 0.3) is 33.6 Å². The van der Waals surface area contributed by atoms with Crippen LogP contribution >= 0.6 is 0 Å². The Morgan fingerprint density at radius 1 is 0.903 bits per heavy atom. The van der Waals surface area contributed by atoms with E-state index in [1.807, 2.05) is 36.4 Å². The third-order valence-electron chi connectivity index (χ3n) is 5.05. The molecule has 1 amide bonds. The summed E-state index contributed by atoms with van der Waals surface area (Å²) in [6.07, 6.45) is 1.73. The second kappa shape index (κ2) is 8.39. The van der Waals surface area contributed by atoms with Crippen molar-refractivity contribution in [3.8, 4) is 39.7 Å². The minimum atomic E-state index is -0.130. The van der Waals surface area contributed by atoms with Gasteiger partial charge in [-0.1, -0.05) is 12.1 Å². The molecule has 1 N–H and O–H groups in total. The van der Waals surface area contributed by atoms with Gasteiger partial charge in [0.1, 0.15) is 11.3 Å². The van der Waals surface area contributed by atoms with Crippen molar-refractivity contribution in [2.24, 2.45) is 0 Å². The smallest absolute Gasteiger partial charge is 0.251 e. The quantitative estimate of drug-likeness (QED) is 0.495. The van der Waals surface area contributed by atoms with Crippen LogP contribution in [-0.4, -0.2) is 39.3 Å². The fourth-order valence-corrected chi connectivity index (χ4v) is 3.48. The normalized spacial score (nSPS) is 10.7. The zero-order chi connectivity index (χ0) is 22.0. The Hall–Kier alpha value is -4.00. The second-order valence-corrected chi connectivity index (χ2v) is 6.75. The molecule has 2 aromatic carbocycles. The van der Waals surface area contributed by atoms with E-state index in [1.165, 1.54) is 0 Å². The summed E-state index contributed by atoms with van der Waals surface area (Å²) in [5.74, 6) is 2.08. The molecule has 0 saturated heterocycles. The molecule has 0 aliphatic rings. The third kappa shape index (κ3) is 3.66. The number of fused-ring (bicyclic) bond motifs is 1. The number of nitrogens with zero attached hydrogens (tertiary/aromatic N) is 1. The molecule has 7 nitrogen and oxygen atoms in total. The number of amides is 1. The Morgan fingerprint density at radius 3 is 2.16 bits per heavy atom. The Bertz CT molecular complexity index is 1220. The van der Waals surface area contributed by atoms with Gasteiger partial charge < -0.3 is 23.9 Å². The van der Waals surface area contributed by atoms with E-state index in [2.05, 4.69) is 10.3 Å². The van der Waals surface area contributed by atoms with Gasteiger partial charge in [0.05, 0.1) is 21.3 Å². The average molecular weight is 418 g/mol. The largest absolute Gasteiger partial charge is 0.493 e. The van der Waals surface area contributed by atoms with Gasteiger partial charge in [0, 0.05) is 36.0 Å². The summed E-state index contributed by atoms with van der Waals surface area (Å²) >= 11 is 0. The first-order valence-corrected chi connectivity index (χ1v) is 9.61. The van der Waals surface area contributed by atoms with Crippen molar-refractivity contribution in [1.29, 1.82) is 0 Å². The summed E-state index contributed by atoms with van der Waals surface area (Å²) in [4.78, 5) is 16.3. The number of benzene rings is 2. The number of carbonyl (C=O) groups is 1. The van der Waals surface area contributed by atoms with Crippen LogP contribution in [0.5, 0.6) is 17.2 Å². The van der Waals surface area contributed by atoms with Gasteiger partial charge in [-0.25, -0.2) is 0 Å². The highest BCUT2D eigenvalue weighted by Crippen LogP contribution is 2.42. The molecular weight excluding hydrogens is 396 g/mol. The number of pyridine rings is 1. The minimum Gasteiger partial charge on any atom is -0.493 e. The van der Waals surface area contributed by atoms with E-state index in [1.54, 1.807) is 46.7 Å². The first-order valence-electron chi connectivity index (χ1n) is 9.61. The summed E-state index contributed by atoms with van der Waals surface area (Å²) in [5.41, 5.74) is 4.54. The van der Waals surface area contributed by atoms with Crippen molar-refractivity contribution in [1.82, 2.24) is 10.3 Å². The zero-order valence-corrected chi connectivity index (χ0v) is 17.7. The van der Waals surface area contributed by atoms with Crippen molar-refractivity contribution in [3.63, 3.8) is 0 Å². The number of furan rings is 1. The van der Waals surface area contributed by atoms with E-state index in [-0.39, 0.29) is 5.91 Å². The van der Waals surface area contributed by atoms with Crippen LogP contribution in [0.3, 0.4) is 0 Å². The van der Waals surface area contributed by atoms with Crippen molar-refractivity contribution < 1.29 is 23.4 Å². The van der Waals surface area contributed by atoms with Gasteiger partial charge in [-0.15, -0.1) is 0 Å². The topological polar surface area (TPSA) is 82.8 Å². The Balaban J connectivity index is 1.81. The summed E-state index contributed by atoms with van der Waals surface area (Å²) in [6.45, 7) is 0. The Kier molecular flexibility index (Phi) is 5.49. The molecule has 0 aliphatic carbocycles. The molecule has 158 valence electrons. The highest BCUT2D eigenvalue weighted by atomic mass is 16.5. The van der Waals surface area contributed by atoms with E-state index in [0.717, 1.165) is 22.2 Å². The third-order valence-corrected chi connectivity index (χ3v) is 5.05. The van der Waals surface area contributed by atoms with Gasteiger partial charge in [0.25, 0.3) is 5.91 Å². The van der Waals surface area contributed by atoms with Gasteiger partial charge in [0.15, 0.2) is 17.1 Å². The number of ether oxygens (including phenoxy) is 3. The van der Waals surface area contributed by atoms with E-state index in [4.69, 9.17) is 18.6 Å². The SMILES string of the molecule is CNC(=O)c1ccc(-c2ccnc3cc(-c4cc(OC)c(OC)c(OC)c4)oc23)cc1. The molecule has 0 radical (unpaired) electrons. The Labute approximate surface area is 179 Å². The summed E-state index contributed by atoms with van der Waals surface area (Å²) in [5, 5.41) is 2.62. The van der Waals surface area contributed by atoms with Crippen LogP contribution in [0.2, 0.25) is 0 Å². The van der Waals surface area contributed by atoms with Gasteiger partial charge in [0.2, 0.25) is 5.75 Å². The van der Waals surface area contributed by atoms with E-state index in [0.29, 0.717) is 34.2 Å². The van der Waals surface area contributed by atoms with Crippen molar-refractivity contribution in [2.75, 3.05) is 28.4 Å². The molecule has 0 aliphatic heterocycles. The predicted octanol–water partition coefficient (Wildman–Crippen LogP) is 4.55. The van der Waals surface area contributed by atoms with Crippen LogP contribution in [0.15, 0.2) is 59.1 Å². The molecule has 4 aromatic rings. The van der Waals surface area contributed by atoms with Gasteiger partial charge in [-0.05, 0) is 35.9 Å². The molecule has 2 heterocycles. The molecule has 0 saturated carbocycles.